The van der Waals surface area contributed by atoms with E-state index in [4.69, 9.17) is 0 Å². The zero-order chi connectivity index (χ0) is 23.9. The number of sulfonamides is 1. The third kappa shape index (κ3) is 4.23. The third-order valence-corrected chi connectivity index (χ3v) is 9.33. The molecule has 34 heavy (non-hydrogen) atoms. The highest BCUT2D eigenvalue weighted by molar-refractivity contribution is 9.10. The van der Waals surface area contributed by atoms with Crippen LogP contribution in [0, 0.1) is 6.92 Å². The quantitative estimate of drug-likeness (QED) is 0.499. The minimum atomic E-state index is -3.58. The van der Waals surface area contributed by atoms with Crippen molar-refractivity contribution in [1.29, 1.82) is 0 Å². The Kier molecular flexibility index (Phi) is 6.40. The molecular formula is C22H26BrN7O3S. The van der Waals surface area contributed by atoms with Gasteiger partial charge in [0.1, 0.15) is 16.4 Å². The molecule has 0 spiro atoms. The number of nitrogens with one attached hydrogen (secondary N) is 2. The predicted molar refractivity (Wildman–Crippen MR) is 133 cm³/mol. The molecule has 2 fully saturated rings. The zero-order valence-electron chi connectivity index (χ0n) is 18.8. The minimum Gasteiger partial charge on any atom is -0.314 e. The molecule has 1 saturated heterocycles. The predicted octanol–water partition coefficient (Wildman–Crippen LogP) is 2.71. The molecule has 2 N–H and O–H groups in total. The topological polar surface area (TPSA) is 122 Å². The molecule has 0 bridgehead atoms. The van der Waals surface area contributed by atoms with Gasteiger partial charge in [-0.3, -0.25) is 9.36 Å². The van der Waals surface area contributed by atoms with Crippen LogP contribution in [0.4, 0.5) is 11.8 Å². The van der Waals surface area contributed by atoms with Crippen LogP contribution in [-0.4, -0.2) is 58.4 Å². The number of aryl methyl sites for hydroxylation is 1. The molecule has 10 nitrogen and oxygen atoms in total. The van der Waals surface area contributed by atoms with E-state index in [1.165, 1.54) is 16.6 Å². The highest BCUT2D eigenvalue weighted by Gasteiger charge is 2.26. The summed E-state index contributed by atoms with van der Waals surface area (Å²) in [6, 6.07) is 3.24. The molecule has 0 radical (unpaired) electrons. The molecule has 1 saturated carbocycles. The highest BCUT2D eigenvalue weighted by Crippen LogP contribution is 2.32. The highest BCUT2D eigenvalue weighted by atomic mass is 79.9. The van der Waals surface area contributed by atoms with Gasteiger partial charge in [0.15, 0.2) is 0 Å². The van der Waals surface area contributed by atoms with Crippen LogP contribution in [0.15, 0.2) is 38.7 Å². The summed E-state index contributed by atoms with van der Waals surface area (Å²) in [5, 5.41) is 7.01. The van der Waals surface area contributed by atoms with E-state index in [-0.39, 0.29) is 16.5 Å². The Morgan fingerprint density at radius 2 is 1.85 bits per heavy atom. The van der Waals surface area contributed by atoms with E-state index < -0.39 is 10.0 Å². The molecule has 180 valence electrons. The Labute approximate surface area is 206 Å². The maximum Gasteiger partial charge on any atom is 0.267 e. The number of fused-ring (bicyclic) bond motifs is 1. The molecule has 0 aromatic carbocycles. The van der Waals surface area contributed by atoms with Gasteiger partial charge in [-0.05, 0) is 53.4 Å². The average Bonchev–Trinajstić information content (AvgIpc) is 3.38. The molecule has 5 rings (SSSR count). The molecule has 12 heteroatoms. The summed E-state index contributed by atoms with van der Waals surface area (Å²) in [4.78, 5) is 26.6. The van der Waals surface area contributed by atoms with E-state index in [0.29, 0.717) is 48.1 Å². The van der Waals surface area contributed by atoms with Crippen molar-refractivity contribution in [3.8, 4) is 0 Å². The molecule has 4 heterocycles. The Morgan fingerprint density at radius 3 is 2.53 bits per heavy atom. The summed E-state index contributed by atoms with van der Waals surface area (Å²) < 4.78 is 29.5. The van der Waals surface area contributed by atoms with Gasteiger partial charge in [0.05, 0.1) is 4.47 Å². The lowest BCUT2D eigenvalue weighted by molar-refractivity contribution is 0.360. The van der Waals surface area contributed by atoms with Crippen LogP contribution in [-0.2, 0) is 10.0 Å². The monoisotopic (exact) mass is 547 g/mol. The molecule has 0 unspecified atom stereocenters. The van der Waals surface area contributed by atoms with E-state index in [9.17, 15) is 13.2 Å². The van der Waals surface area contributed by atoms with Gasteiger partial charge >= 0.3 is 0 Å². The van der Waals surface area contributed by atoms with Crippen molar-refractivity contribution in [3.63, 3.8) is 0 Å². The van der Waals surface area contributed by atoms with Crippen molar-refractivity contribution in [1.82, 2.24) is 29.1 Å². The van der Waals surface area contributed by atoms with E-state index in [0.717, 1.165) is 36.6 Å². The first-order valence-electron chi connectivity index (χ1n) is 11.4. The molecule has 3 aromatic rings. The van der Waals surface area contributed by atoms with Crippen molar-refractivity contribution >= 4 is 48.8 Å². The van der Waals surface area contributed by atoms with Gasteiger partial charge in [-0.1, -0.05) is 12.8 Å². The van der Waals surface area contributed by atoms with Gasteiger partial charge in [0, 0.05) is 50.0 Å². The van der Waals surface area contributed by atoms with Crippen molar-refractivity contribution in [3.05, 3.63) is 44.9 Å². The molecule has 1 aliphatic carbocycles. The number of hydrogen-bond acceptors (Lipinski definition) is 8. The lowest BCUT2D eigenvalue weighted by Crippen LogP contribution is -2.46. The third-order valence-electron chi connectivity index (χ3n) is 6.52. The second kappa shape index (κ2) is 9.33. The zero-order valence-corrected chi connectivity index (χ0v) is 21.2. The summed E-state index contributed by atoms with van der Waals surface area (Å²) in [7, 11) is -3.58. The number of pyridine rings is 2. The van der Waals surface area contributed by atoms with E-state index >= 15 is 0 Å². The Morgan fingerprint density at radius 1 is 1.12 bits per heavy atom. The smallest absolute Gasteiger partial charge is 0.267 e. The van der Waals surface area contributed by atoms with Crippen molar-refractivity contribution < 1.29 is 8.42 Å². The second-order valence-corrected chi connectivity index (χ2v) is 11.4. The standard InChI is InChI=1S/C22H26BrN7O3S/c1-14-17-13-26-22(28-20(17)30(21(31)19(14)23)15-4-2-3-5-15)27-18-7-6-16(12-25-18)34(32,33)29-10-8-24-9-11-29/h6-7,12-13,15,24H,2-5,8-11H2,1H3,(H,25,26,27,28). The molecule has 2 aliphatic rings. The van der Waals surface area contributed by atoms with Crippen LogP contribution in [0.3, 0.4) is 0 Å². The summed E-state index contributed by atoms with van der Waals surface area (Å²) in [6.45, 7) is 4.01. The maximum absolute atomic E-state index is 13.1. The van der Waals surface area contributed by atoms with Crippen LogP contribution >= 0.6 is 15.9 Å². The Balaban J connectivity index is 1.46. The number of anilines is 2. The van der Waals surface area contributed by atoms with Crippen LogP contribution in [0.2, 0.25) is 0 Å². The van der Waals surface area contributed by atoms with Gasteiger partial charge in [-0.15, -0.1) is 0 Å². The molecule has 0 amide bonds. The lowest BCUT2D eigenvalue weighted by Gasteiger charge is -2.26. The van der Waals surface area contributed by atoms with Crippen LogP contribution in [0.1, 0.15) is 37.3 Å². The van der Waals surface area contributed by atoms with Gasteiger partial charge in [0.2, 0.25) is 16.0 Å². The van der Waals surface area contributed by atoms with E-state index in [1.807, 2.05) is 6.92 Å². The summed E-state index contributed by atoms with van der Waals surface area (Å²) in [5.41, 5.74) is 1.32. The fraction of sp³-hybridized carbons (Fsp3) is 0.455. The Hall–Kier alpha value is -2.41. The first-order chi connectivity index (χ1) is 16.4. The van der Waals surface area contributed by atoms with Gasteiger partial charge < -0.3 is 10.6 Å². The van der Waals surface area contributed by atoms with Gasteiger partial charge in [0.25, 0.3) is 5.56 Å². The van der Waals surface area contributed by atoms with Crippen molar-refractivity contribution in [2.24, 2.45) is 0 Å². The molecule has 1 aliphatic heterocycles. The molecular weight excluding hydrogens is 522 g/mol. The average molecular weight is 548 g/mol. The lowest BCUT2D eigenvalue weighted by atomic mass is 10.1. The van der Waals surface area contributed by atoms with E-state index in [2.05, 4.69) is 41.5 Å². The largest absolute Gasteiger partial charge is 0.314 e. The number of rotatable bonds is 5. The van der Waals surface area contributed by atoms with Crippen molar-refractivity contribution in [2.75, 3.05) is 31.5 Å². The van der Waals surface area contributed by atoms with Crippen molar-refractivity contribution in [2.45, 2.75) is 43.5 Å². The first kappa shape index (κ1) is 23.3. The maximum atomic E-state index is 13.1. The molecule has 0 atom stereocenters. The minimum absolute atomic E-state index is 0.0813. The van der Waals surface area contributed by atoms with Crippen LogP contribution in [0.25, 0.3) is 11.0 Å². The molecule has 3 aromatic heterocycles. The van der Waals surface area contributed by atoms with Gasteiger partial charge in [-0.2, -0.15) is 9.29 Å². The van der Waals surface area contributed by atoms with Crippen LogP contribution < -0.4 is 16.2 Å². The summed E-state index contributed by atoms with van der Waals surface area (Å²) in [5.74, 6) is 0.716. The fourth-order valence-corrected chi connectivity index (χ4v) is 6.41. The number of halogens is 1. The van der Waals surface area contributed by atoms with Crippen LogP contribution in [0.5, 0.6) is 0 Å². The normalized spacial score (nSPS) is 17.9. The summed E-state index contributed by atoms with van der Waals surface area (Å²) >= 11 is 3.45. The number of hydrogen-bond donors (Lipinski definition) is 2. The second-order valence-electron chi connectivity index (χ2n) is 8.64. The fourth-order valence-electron chi connectivity index (χ4n) is 4.62. The number of piperazine rings is 1. The number of nitrogens with zero attached hydrogens (tertiary/aromatic N) is 5. The first-order valence-corrected chi connectivity index (χ1v) is 13.6. The van der Waals surface area contributed by atoms with Gasteiger partial charge in [-0.25, -0.2) is 18.4 Å². The SMILES string of the molecule is Cc1c(Br)c(=O)n(C2CCCC2)c2nc(Nc3ccc(S(=O)(=O)N4CCNCC4)cn3)ncc12. The number of aromatic nitrogens is 4. The van der Waals surface area contributed by atoms with E-state index in [1.54, 1.807) is 16.8 Å². The Bertz CT molecular complexity index is 1380. The summed E-state index contributed by atoms with van der Waals surface area (Å²) in [6.07, 6.45) is 7.12.